The number of hydrogen-bond donors (Lipinski definition) is 3. The smallest absolute Gasteiger partial charge is 0.331 e. The van der Waals surface area contributed by atoms with E-state index in [9.17, 15) is 19.2 Å². The predicted octanol–water partition coefficient (Wildman–Crippen LogP) is 7.74. The van der Waals surface area contributed by atoms with E-state index in [1.54, 1.807) is 24.4 Å². The van der Waals surface area contributed by atoms with Gasteiger partial charge in [-0.25, -0.2) is 4.79 Å². The van der Waals surface area contributed by atoms with Gasteiger partial charge in [-0.1, -0.05) is 50.3 Å². The number of esters is 1. The Kier molecular flexibility index (Phi) is 9.26. The van der Waals surface area contributed by atoms with E-state index in [-0.39, 0.29) is 24.3 Å². The molecule has 0 spiro atoms. The summed E-state index contributed by atoms with van der Waals surface area (Å²) in [6.45, 7) is 5.56. The molecule has 3 heterocycles. The molecule has 3 N–H and O–H groups in total. The lowest BCUT2D eigenvalue weighted by Gasteiger charge is -2.29. The Morgan fingerprint density at radius 3 is 2.45 bits per heavy atom. The van der Waals surface area contributed by atoms with Crippen molar-refractivity contribution in [3.05, 3.63) is 83.6 Å². The van der Waals surface area contributed by atoms with Crippen LogP contribution in [-0.4, -0.2) is 44.4 Å². The Labute approximate surface area is 298 Å². The number of anilines is 2. The first-order chi connectivity index (χ1) is 24.5. The number of fused-ring (bicyclic) bond motifs is 5. The predicted molar refractivity (Wildman–Crippen MR) is 198 cm³/mol. The fraction of sp³-hybridized carbons (Fsp3) is 0.390. The molecule has 2 saturated carbocycles. The summed E-state index contributed by atoms with van der Waals surface area (Å²) in [7, 11) is 0. The number of ether oxygens (including phenoxy) is 1. The molecule has 2 aromatic carbocycles. The van der Waals surface area contributed by atoms with Crippen LogP contribution in [0.1, 0.15) is 106 Å². The van der Waals surface area contributed by atoms with Gasteiger partial charge in [0.25, 0.3) is 5.91 Å². The van der Waals surface area contributed by atoms with Crippen LogP contribution in [0.2, 0.25) is 0 Å². The second kappa shape index (κ2) is 13.8. The average Bonchev–Trinajstić information content (AvgIpc) is 3.67. The van der Waals surface area contributed by atoms with Crippen LogP contribution in [0, 0.1) is 0 Å². The van der Waals surface area contributed by atoms with Crippen LogP contribution in [0.3, 0.4) is 0 Å². The number of benzene rings is 2. The standard InChI is InChI=1S/C41H45N5O5/c1-40(2,3)51-34(48)20-15-26-13-17-29(18-14-26)43-39(50)41(21-7-8-22-41)45-38(49)28-16-19-30-32(24-28)46-25-33(47)44-31-12-9-23-42-36(31)37(46)35(30)27-10-5-4-6-11-27/h9,12-20,23-24,27H,4-8,10-11,21-22,25H2,1-3H3,(H,43,50)(H,44,47)(H,45,49). The Morgan fingerprint density at radius 1 is 0.980 bits per heavy atom. The maximum atomic E-state index is 14.0. The van der Waals surface area contributed by atoms with Crippen LogP contribution in [-0.2, 0) is 25.7 Å². The number of nitrogens with zero attached hydrogens (tertiary/aromatic N) is 2. The highest BCUT2D eigenvalue weighted by molar-refractivity contribution is 6.07. The van der Waals surface area contributed by atoms with E-state index in [0.717, 1.165) is 66.4 Å². The summed E-state index contributed by atoms with van der Waals surface area (Å²) in [6, 6.07) is 16.6. The molecular formula is C41H45N5O5. The topological polar surface area (TPSA) is 131 Å². The van der Waals surface area contributed by atoms with Crippen LogP contribution in [0.25, 0.3) is 28.4 Å². The lowest BCUT2D eigenvalue weighted by Crippen LogP contribution is -2.55. The van der Waals surface area contributed by atoms with E-state index < -0.39 is 17.1 Å². The Balaban J connectivity index is 1.15. The Morgan fingerprint density at radius 2 is 1.73 bits per heavy atom. The summed E-state index contributed by atoms with van der Waals surface area (Å²) in [5, 5.41) is 10.2. The van der Waals surface area contributed by atoms with E-state index in [2.05, 4.69) is 16.0 Å². The molecular weight excluding hydrogens is 642 g/mol. The van der Waals surface area contributed by atoms with Crippen molar-refractivity contribution in [1.82, 2.24) is 14.9 Å². The first-order valence-electron chi connectivity index (χ1n) is 18.1. The minimum Gasteiger partial charge on any atom is -0.457 e. The SMILES string of the molecule is CC(C)(C)OC(=O)C=Cc1ccc(NC(=O)C2(NC(=O)c3ccc4c(C5CCCCC5)c5n(c4c3)CC(=O)Nc3cccnc3-5)CCCC2)cc1. The molecule has 51 heavy (non-hydrogen) atoms. The highest BCUT2D eigenvalue weighted by Gasteiger charge is 2.43. The number of pyridine rings is 1. The van der Waals surface area contributed by atoms with Crippen LogP contribution in [0.5, 0.6) is 0 Å². The molecule has 264 valence electrons. The minimum absolute atomic E-state index is 0.113. The van der Waals surface area contributed by atoms with Gasteiger partial charge in [0.2, 0.25) is 11.8 Å². The van der Waals surface area contributed by atoms with E-state index in [4.69, 9.17) is 9.72 Å². The molecule has 0 bridgehead atoms. The third-order valence-electron chi connectivity index (χ3n) is 10.2. The summed E-state index contributed by atoms with van der Waals surface area (Å²) in [4.78, 5) is 57.9. The fourth-order valence-electron chi connectivity index (χ4n) is 7.87. The van der Waals surface area contributed by atoms with Crippen LogP contribution in [0.15, 0.2) is 66.9 Å². The number of rotatable bonds is 7. The number of amides is 3. The van der Waals surface area contributed by atoms with E-state index >= 15 is 0 Å². The van der Waals surface area contributed by atoms with Gasteiger partial charge >= 0.3 is 5.97 Å². The number of nitrogens with one attached hydrogen (secondary N) is 3. The zero-order valence-corrected chi connectivity index (χ0v) is 29.5. The maximum Gasteiger partial charge on any atom is 0.331 e. The average molecular weight is 688 g/mol. The molecule has 10 nitrogen and oxygen atoms in total. The van der Waals surface area contributed by atoms with Gasteiger partial charge < -0.3 is 25.3 Å². The van der Waals surface area contributed by atoms with Crippen LogP contribution in [0.4, 0.5) is 11.4 Å². The number of aromatic nitrogens is 2. The molecule has 2 fully saturated rings. The van der Waals surface area contributed by atoms with E-state index in [0.29, 0.717) is 35.7 Å². The van der Waals surface area contributed by atoms with Crippen molar-refractivity contribution in [2.45, 2.75) is 102 Å². The summed E-state index contributed by atoms with van der Waals surface area (Å²) in [5.41, 5.74) is 4.58. The quantitative estimate of drug-likeness (QED) is 0.135. The van der Waals surface area contributed by atoms with Gasteiger partial charge in [-0.05, 0) is 106 Å². The number of carbonyl (C=O) groups excluding carboxylic acids is 4. The lowest BCUT2D eigenvalue weighted by atomic mass is 9.82. The zero-order chi connectivity index (χ0) is 35.8. The third kappa shape index (κ3) is 7.18. The van der Waals surface area contributed by atoms with Crippen LogP contribution < -0.4 is 16.0 Å². The van der Waals surface area contributed by atoms with Gasteiger partial charge in [0, 0.05) is 28.9 Å². The van der Waals surface area contributed by atoms with Gasteiger partial charge in [-0.15, -0.1) is 0 Å². The van der Waals surface area contributed by atoms with Gasteiger partial charge in [0.1, 0.15) is 23.4 Å². The highest BCUT2D eigenvalue weighted by atomic mass is 16.6. The number of hydrogen-bond acceptors (Lipinski definition) is 6. The molecule has 0 saturated heterocycles. The second-order valence-corrected chi connectivity index (χ2v) is 15.0. The molecule has 0 unspecified atom stereocenters. The van der Waals surface area contributed by atoms with Gasteiger partial charge in [-0.2, -0.15) is 0 Å². The van der Waals surface area contributed by atoms with Crippen LogP contribution >= 0.6 is 0 Å². The molecule has 2 aromatic heterocycles. The largest absolute Gasteiger partial charge is 0.457 e. The van der Waals surface area contributed by atoms with Crippen molar-refractivity contribution in [3.63, 3.8) is 0 Å². The van der Waals surface area contributed by atoms with Crippen molar-refractivity contribution < 1.29 is 23.9 Å². The monoisotopic (exact) mass is 687 g/mol. The molecule has 0 radical (unpaired) electrons. The first-order valence-corrected chi connectivity index (χ1v) is 18.1. The van der Waals surface area contributed by atoms with E-state index in [1.807, 2.05) is 67.8 Å². The summed E-state index contributed by atoms with van der Waals surface area (Å²) >= 11 is 0. The van der Waals surface area contributed by atoms with Crippen molar-refractivity contribution >= 4 is 52.0 Å². The summed E-state index contributed by atoms with van der Waals surface area (Å²) in [6.07, 6.45) is 13.2. The van der Waals surface area contributed by atoms with Crippen molar-refractivity contribution in [2.24, 2.45) is 0 Å². The number of carbonyl (C=O) groups is 4. The fourth-order valence-corrected chi connectivity index (χ4v) is 7.87. The van der Waals surface area contributed by atoms with Crippen molar-refractivity contribution in [2.75, 3.05) is 10.6 Å². The molecule has 7 rings (SSSR count). The molecule has 4 aromatic rings. The van der Waals surface area contributed by atoms with Crippen molar-refractivity contribution in [3.8, 4) is 11.4 Å². The minimum atomic E-state index is -1.06. The third-order valence-corrected chi connectivity index (χ3v) is 10.2. The Bertz CT molecular complexity index is 2030. The normalized spacial score (nSPS) is 17.4. The van der Waals surface area contributed by atoms with Gasteiger partial charge in [-0.3, -0.25) is 19.4 Å². The van der Waals surface area contributed by atoms with Gasteiger partial charge in [0.15, 0.2) is 0 Å². The van der Waals surface area contributed by atoms with Gasteiger partial charge in [0.05, 0.1) is 16.9 Å². The Hall–Kier alpha value is -5.25. The molecule has 2 aliphatic carbocycles. The molecule has 0 atom stereocenters. The second-order valence-electron chi connectivity index (χ2n) is 15.0. The first kappa shape index (κ1) is 34.2. The summed E-state index contributed by atoms with van der Waals surface area (Å²) in [5.74, 6) is -0.827. The molecule has 3 aliphatic rings. The summed E-state index contributed by atoms with van der Waals surface area (Å²) < 4.78 is 7.35. The molecule has 1 aliphatic heterocycles. The highest BCUT2D eigenvalue weighted by Crippen LogP contribution is 2.46. The maximum absolute atomic E-state index is 14.0. The molecule has 10 heteroatoms. The van der Waals surface area contributed by atoms with E-state index in [1.165, 1.54) is 18.1 Å². The molecule has 3 amide bonds. The zero-order valence-electron chi connectivity index (χ0n) is 29.5. The lowest BCUT2D eigenvalue weighted by molar-refractivity contribution is -0.148. The van der Waals surface area contributed by atoms with Crippen molar-refractivity contribution in [1.29, 1.82) is 0 Å².